The van der Waals surface area contributed by atoms with Gasteiger partial charge in [-0.15, -0.1) is 0 Å². The van der Waals surface area contributed by atoms with Crippen LogP contribution in [0.25, 0.3) is 0 Å². The zero-order valence-corrected chi connectivity index (χ0v) is 16.0. The van der Waals surface area contributed by atoms with Crippen LogP contribution >= 0.6 is 0 Å². The summed E-state index contributed by atoms with van der Waals surface area (Å²) in [5.74, 6) is 0.186. The van der Waals surface area contributed by atoms with E-state index in [1.807, 2.05) is 47.9 Å². The Bertz CT molecular complexity index is 577. The summed E-state index contributed by atoms with van der Waals surface area (Å²) < 4.78 is 0. The average Bonchev–Trinajstić information content (AvgIpc) is 2.85. The fourth-order valence-corrected chi connectivity index (χ4v) is 3.82. The molecule has 0 aromatic heterocycles. The SMILES string of the molecule is CCN(C(=O)CCN(C(C)=O)C1CCCCCC1)c1cccc(C)c1. The van der Waals surface area contributed by atoms with E-state index in [2.05, 4.69) is 0 Å². The van der Waals surface area contributed by atoms with Crippen LogP contribution in [0.3, 0.4) is 0 Å². The van der Waals surface area contributed by atoms with Crippen LogP contribution in [0.5, 0.6) is 0 Å². The van der Waals surface area contributed by atoms with E-state index in [0.29, 0.717) is 25.6 Å². The van der Waals surface area contributed by atoms with Crippen molar-refractivity contribution in [3.05, 3.63) is 29.8 Å². The van der Waals surface area contributed by atoms with Crippen LogP contribution in [0.2, 0.25) is 0 Å². The maximum Gasteiger partial charge on any atom is 0.228 e. The van der Waals surface area contributed by atoms with E-state index in [-0.39, 0.29) is 11.8 Å². The van der Waals surface area contributed by atoms with Crippen molar-refractivity contribution in [3.8, 4) is 0 Å². The molecule has 0 atom stereocenters. The highest BCUT2D eigenvalue weighted by atomic mass is 16.2. The van der Waals surface area contributed by atoms with Crippen molar-refractivity contribution >= 4 is 17.5 Å². The lowest BCUT2D eigenvalue weighted by atomic mass is 10.1. The lowest BCUT2D eigenvalue weighted by Crippen LogP contribution is -2.42. The first-order chi connectivity index (χ1) is 12.0. The van der Waals surface area contributed by atoms with Gasteiger partial charge in [0.1, 0.15) is 0 Å². The molecule has 0 radical (unpaired) electrons. The van der Waals surface area contributed by atoms with Crippen molar-refractivity contribution in [2.75, 3.05) is 18.0 Å². The minimum Gasteiger partial charge on any atom is -0.339 e. The maximum absolute atomic E-state index is 12.8. The number of rotatable bonds is 6. The van der Waals surface area contributed by atoms with E-state index in [9.17, 15) is 9.59 Å². The third-order valence-corrected chi connectivity index (χ3v) is 5.17. The lowest BCUT2D eigenvalue weighted by Gasteiger charge is -2.31. The first-order valence-electron chi connectivity index (χ1n) is 9.67. The average molecular weight is 344 g/mol. The van der Waals surface area contributed by atoms with Gasteiger partial charge in [-0.05, 0) is 44.4 Å². The molecule has 1 fully saturated rings. The van der Waals surface area contributed by atoms with Gasteiger partial charge in [0.2, 0.25) is 11.8 Å². The molecule has 0 N–H and O–H groups in total. The van der Waals surface area contributed by atoms with Crippen LogP contribution in [-0.2, 0) is 9.59 Å². The largest absolute Gasteiger partial charge is 0.339 e. The molecular formula is C21H32N2O2. The van der Waals surface area contributed by atoms with Gasteiger partial charge in [-0.1, -0.05) is 37.8 Å². The van der Waals surface area contributed by atoms with Crippen LogP contribution in [0.1, 0.15) is 64.4 Å². The standard InChI is InChI=1S/C21H32N2O2/c1-4-22(20-13-9-10-17(2)16-20)21(25)14-15-23(18(3)24)19-11-7-5-6-8-12-19/h9-10,13,16,19H,4-8,11-12,14-15H2,1-3H3. The summed E-state index contributed by atoms with van der Waals surface area (Å²) in [6, 6.07) is 8.33. The smallest absolute Gasteiger partial charge is 0.228 e. The number of carbonyl (C=O) groups is 2. The minimum absolute atomic E-state index is 0.0907. The molecule has 1 aromatic rings. The molecular weight excluding hydrogens is 312 g/mol. The van der Waals surface area contributed by atoms with Gasteiger partial charge in [0.05, 0.1) is 0 Å². The molecule has 0 saturated heterocycles. The summed E-state index contributed by atoms with van der Waals surface area (Å²) in [6.07, 6.45) is 7.43. The second kappa shape index (κ2) is 9.59. The molecule has 0 heterocycles. The number of hydrogen-bond acceptors (Lipinski definition) is 2. The highest BCUT2D eigenvalue weighted by molar-refractivity contribution is 5.93. The van der Waals surface area contributed by atoms with Crippen molar-refractivity contribution in [1.82, 2.24) is 4.90 Å². The number of anilines is 1. The summed E-state index contributed by atoms with van der Waals surface area (Å²) in [5, 5.41) is 0. The minimum atomic E-state index is 0.0907. The van der Waals surface area contributed by atoms with Crippen LogP contribution in [0.15, 0.2) is 24.3 Å². The molecule has 1 aliphatic carbocycles. The van der Waals surface area contributed by atoms with Gasteiger partial charge in [-0.3, -0.25) is 9.59 Å². The van der Waals surface area contributed by atoms with Gasteiger partial charge in [0.25, 0.3) is 0 Å². The van der Waals surface area contributed by atoms with Gasteiger partial charge in [0.15, 0.2) is 0 Å². The Balaban J connectivity index is 2.00. The van der Waals surface area contributed by atoms with E-state index >= 15 is 0 Å². The number of carbonyl (C=O) groups excluding carboxylic acids is 2. The zero-order chi connectivity index (χ0) is 18.2. The number of nitrogens with zero attached hydrogens (tertiary/aromatic N) is 2. The van der Waals surface area contributed by atoms with Crippen molar-refractivity contribution in [1.29, 1.82) is 0 Å². The molecule has 0 bridgehead atoms. The first kappa shape index (κ1) is 19.5. The fourth-order valence-electron chi connectivity index (χ4n) is 3.82. The highest BCUT2D eigenvalue weighted by Gasteiger charge is 2.24. The number of benzene rings is 1. The van der Waals surface area contributed by atoms with Gasteiger partial charge < -0.3 is 9.80 Å². The molecule has 1 aliphatic rings. The van der Waals surface area contributed by atoms with Gasteiger partial charge >= 0.3 is 0 Å². The van der Waals surface area contributed by atoms with E-state index in [1.165, 1.54) is 25.7 Å². The molecule has 1 aromatic carbocycles. The summed E-state index contributed by atoms with van der Waals surface area (Å²) in [4.78, 5) is 28.6. The Kier molecular flexibility index (Phi) is 7.48. The molecule has 0 unspecified atom stereocenters. The molecule has 4 heteroatoms. The summed E-state index contributed by atoms with van der Waals surface area (Å²) in [6.45, 7) is 6.83. The zero-order valence-electron chi connectivity index (χ0n) is 16.0. The number of aryl methyl sites for hydroxylation is 1. The lowest BCUT2D eigenvalue weighted by molar-refractivity contribution is -0.132. The third kappa shape index (κ3) is 5.58. The predicted molar refractivity (Wildman–Crippen MR) is 103 cm³/mol. The fraction of sp³-hybridized carbons (Fsp3) is 0.619. The molecule has 2 rings (SSSR count). The second-order valence-electron chi connectivity index (χ2n) is 7.08. The predicted octanol–water partition coefficient (Wildman–Crippen LogP) is 4.31. The normalized spacial score (nSPS) is 15.5. The van der Waals surface area contributed by atoms with Crippen molar-refractivity contribution < 1.29 is 9.59 Å². The topological polar surface area (TPSA) is 40.6 Å². The Hall–Kier alpha value is -1.84. The summed E-state index contributed by atoms with van der Waals surface area (Å²) in [7, 11) is 0. The Labute approximate surface area is 152 Å². The van der Waals surface area contributed by atoms with E-state index < -0.39 is 0 Å². The van der Waals surface area contributed by atoms with Crippen LogP contribution < -0.4 is 4.90 Å². The van der Waals surface area contributed by atoms with Crippen molar-refractivity contribution in [2.45, 2.75) is 71.8 Å². The molecule has 0 spiro atoms. The number of hydrogen-bond donors (Lipinski definition) is 0. The third-order valence-electron chi connectivity index (χ3n) is 5.17. The second-order valence-corrected chi connectivity index (χ2v) is 7.08. The van der Waals surface area contributed by atoms with Crippen molar-refractivity contribution in [3.63, 3.8) is 0 Å². The van der Waals surface area contributed by atoms with Crippen molar-refractivity contribution in [2.24, 2.45) is 0 Å². The summed E-state index contributed by atoms with van der Waals surface area (Å²) in [5.41, 5.74) is 2.09. The van der Waals surface area contributed by atoms with Crippen LogP contribution in [0.4, 0.5) is 5.69 Å². The van der Waals surface area contributed by atoms with E-state index in [0.717, 1.165) is 24.1 Å². The Morgan fingerprint density at radius 3 is 2.36 bits per heavy atom. The summed E-state index contributed by atoms with van der Waals surface area (Å²) >= 11 is 0. The first-order valence-corrected chi connectivity index (χ1v) is 9.67. The molecule has 25 heavy (non-hydrogen) atoms. The highest BCUT2D eigenvalue weighted by Crippen LogP contribution is 2.23. The van der Waals surface area contributed by atoms with Crippen LogP contribution in [-0.4, -0.2) is 35.8 Å². The van der Waals surface area contributed by atoms with Gasteiger partial charge in [-0.2, -0.15) is 0 Å². The monoisotopic (exact) mass is 344 g/mol. The Morgan fingerprint density at radius 2 is 1.80 bits per heavy atom. The quantitative estimate of drug-likeness (QED) is 0.722. The molecule has 4 nitrogen and oxygen atoms in total. The Morgan fingerprint density at radius 1 is 1.12 bits per heavy atom. The van der Waals surface area contributed by atoms with E-state index in [1.54, 1.807) is 6.92 Å². The van der Waals surface area contributed by atoms with Gasteiger partial charge in [-0.25, -0.2) is 0 Å². The number of amides is 2. The molecule has 138 valence electrons. The molecule has 0 aliphatic heterocycles. The van der Waals surface area contributed by atoms with Crippen LogP contribution in [0, 0.1) is 6.92 Å². The maximum atomic E-state index is 12.8. The van der Waals surface area contributed by atoms with Gasteiger partial charge in [0, 0.05) is 38.2 Å². The molecule has 2 amide bonds. The van der Waals surface area contributed by atoms with E-state index in [4.69, 9.17) is 0 Å². The molecule has 1 saturated carbocycles.